The highest BCUT2D eigenvalue weighted by molar-refractivity contribution is 5.98. The second-order valence-corrected chi connectivity index (χ2v) is 22.8. The summed E-state index contributed by atoms with van der Waals surface area (Å²) >= 11 is 0. The molecule has 1 aliphatic rings. The normalized spacial score (nSPS) is 13.8. The maximum absolute atomic E-state index is 12.6. The van der Waals surface area contributed by atoms with E-state index in [0.29, 0.717) is 17.3 Å². The van der Waals surface area contributed by atoms with Crippen LogP contribution in [0.15, 0.2) is 170 Å². The molecule has 2 heterocycles. The number of fused-ring (bicyclic) bond motifs is 1. The van der Waals surface area contributed by atoms with Crippen molar-refractivity contribution < 1.29 is 5.11 Å². The van der Waals surface area contributed by atoms with Crippen molar-refractivity contribution >= 4 is 11.0 Å². The van der Waals surface area contributed by atoms with Gasteiger partial charge >= 0.3 is 0 Å². The van der Waals surface area contributed by atoms with E-state index in [1.54, 1.807) is 0 Å². The zero-order valence-corrected chi connectivity index (χ0v) is 42.6. The van der Waals surface area contributed by atoms with Crippen LogP contribution in [0.5, 0.6) is 5.75 Å². The Morgan fingerprint density at radius 3 is 1.77 bits per heavy atom. The zero-order chi connectivity index (χ0) is 49.0. The molecule has 70 heavy (non-hydrogen) atoms. The Morgan fingerprint density at radius 2 is 1.10 bits per heavy atom. The highest BCUT2D eigenvalue weighted by Crippen LogP contribution is 2.46. The van der Waals surface area contributed by atoms with Crippen LogP contribution in [-0.2, 0) is 16.2 Å². The molecule has 0 spiro atoms. The molecule has 0 radical (unpaired) electrons. The largest absolute Gasteiger partial charge is 0.507 e. The van der Waals surface area contributed by atoms with Gasteiger partial charge in [0.2, 0.25) is 0 Å². The van der Waals surface area contributed by atoms with Crippen LogP contribution >= 0.6 is 0 Å². The van der Waals surface area contributed by atoms with Gasteiger partial charge in [-0.05, 0) is 140 Å². The average molecular weight is 918 g/mol. The lowest BCUT2D eigenvalue weighted by molar-refractivity contribution is 0.443. The first-order valence-corrected chi connectivity index (χ1v) is 25.4. The van der Waals surface area contributed by atoms with Crippen molar-refractivity contribution in [2.45, 2.75) is 117 Å². The van der Waals surface area contributed by atoms with Crippen LogP contribution in [0, 0.1) is 0 Å². The van der Waals surface area contributed by atoms with Crippen LogP contribution in [-0.4, -0.2) is 19.6 Å². The summed E-state index contributed by atoms with van der Waals surface area (Å²) in [6, 6.07) is 59.6. The number of imidazole rings is 1. The van der Waals surface area contributed by atoms with E-state index in [2.05, 4.69) is 231 Å². The van der Waals surface area contributed by atoms with Crippen LogP contribution in [0.1, 0.15) is 123 Å². The first-order valence-electron chi connectivity index (χ1n) is 25.4. The number of hydrogen-bond acceptors (Lipinski definition) is 3. The summed E-state index contributed by atoms with van der Waals surface area (Å²) in [5.41, 5.74) is 18.4. The Morgan fingerprint density at radius 1 is 0.471 bits per heavy atom. The number of phenolic OH excluding ortho intramolecular Hbond substituents is 1. The number of para-hydroxylation sites is 1. The van der Waals surface area contributed by atoms with Gasteiger partial charge in [0.25, 0.3) is 0 Å². The summed E-state index contributed by atoms with van der Waals surface area (Å²) in [6.07, 6.45) is 8.54. The molecular weight excluding hydrogens is 851 g/mol. The van der Waals surface area contributed by atoms with Gasteiger partial charge in [0.1, 0.15) is 11.6 Å². The molecule has 2 aromatic heterocycles. The van der Waals surface area contributed by atoms with Crippen molar-refractivity contribution in [1.29, 1.82) is 0 Å². The lowest BCUT2D eigenvalue weighted by Gasteiger charge is -2.28. The Kier molecular flexibility index (Phi) is 12.2. The molecule has 1 saturated carbocycles. The van der Waals surface area contributed by atoms with Crippen molar-refractivity contribution in [3.8, 4) is 78.6 Å². The van der Waals surface area contributed by atoms with Gasteiger partial charge in [-0.25, -0.2) is 4.98 Å². The fourth-order valence-corrected chi connectivity index (χ4v) is 10.5. The standard InChI is InChI=1S/C66H67N3O/c1-64(2,3)52-32-33-59(55(40-52)47-24-17-12-18-25-47)69-60-27-19-26-54(61(60)68-63(69)56-41-53(65(4,5)6)42-57(62(56)70)66(7,8)9)50-36-49(44-22-15-11-16-23-44)37-51(38-50)58-39-48(34-35-67-58)46-30-28-45(29-31-46)43-20-13-10-14-21-43/h11-12,15-19,22-43,70H,10,13-14,20-21H2,1-9H3. The summed E-state index contributed by atoms with van der Waals surface area (Å²) in [5.74, 6) is 1.62. The smallest absolute Gasteiger partial charge is 0.149 e. The van der Waals surface area contributed by atoms with Crippen LogP contribution in [0.4, 0.5) is 0 Å². The predicted octanol–water partition coefficient (Wildman–Crippen LogP) is 18.1. The van der Waals surface area contributed by atoms with E-state index < -0.39 is 0 Å². The van der Waals surface area contributed by atoms with Gasteiger partial charge in [0.15, 0.2) is 0 Å². The first-order chi connectivity index (χ1) is 33.5. The fourth-order valence-electron chi connectivity index (χ4n) is 10.5. The average Bonchev–Trinajstić information content (AvgIpc) is 3.75. The SMILES string of the molecule is CC(C)(C)c1ccc(-n2c(-c3cc(C(C)(C)C)cc(C(C)(C)C)c3O)nc3c(-c4cc(-c5ccccc5)cc(-c5cc(-c6ccc(C7CCCCC7)cc6)ccn5)c4)cccc32)c(-c2ccccc2)c1. The van der Waals surface area contributed by atoms with Crippen molar-refractivity contribution in [1.82, 2.24) is 14.5 Å². The van der Waals surface area contributed by atoms with Gasteiger partial charge in [-0.1, -0.05) is 191 Å². The molecule has 0 amide bonds. The predicted molar refractivity (Wildman–Crippen MR) is 295 cm³/mol. The highest BCUT2D eigenvalue weighted by Gasteiger charge is 2.30. The molecule has 1 N–H and O–H groups in total. The van der Waals surface area contributed by atoms with Crippen LogP contribution in [0.25, 0.3) is 83.9 Å². The van der Waals surface area contributed by atoms with Gasteiger partial charge in [-0.3, -0.25) is 9.55 Å². The summed E-state index contributed by atoms with van der Waals surface area (Å²) in [7, 11) is 0. The zero-order valence-electron chi connectivity index (χ0n) is 42.6. The van der Waals surface area contributed by atoms with Crippen molar-refractivity contribution in [2.24, 2.45) is 0 Å². The molecular formula is C66H67N3O. The lowest BCUT2D eigenvalue weighted by Crippen LogP contribution is -2.17. The van der Waals surface area contributed by atoms with E-state index in [1.165, 1.54) is 48.8 Å². The number of rotatable bonds is 8. The third kappa shape index (κ3) is 9.25. The third-order valence-electron chi connectivity index (χ3n) is 14.6. The van der Waals surface area contributed by atoms with Gasteiger partial charge in [0.05, 0.1) is 28.0 Å². The van der Waals surface area contributed by atoms with Gasteiger partial charge in [0, 0.05) is 28.5 Å². The van der Waals surface area contributed by atoms with E-state index in [0.717, 1.165) is 78.0 Å². The Hall–Kier alpha value is -7.04. The van der Waals surface area contributed by atoms with Crippen LogP contribution in [0.3, 0.4) is 0 Å². The molecule has 4 nitrogen and oxygen atoms in total. The second-order valence-electron chi connectivity index (χ2n) is 22.8. The molecule has 0 bridgehead atoms. The maximum Gasteiger partial charge on any atom is 0.149 e. The molecule has 0 aliphatic heterocycles. The molecule has 0 atom stereocenters. The molecule has 7 aromatic carbocycles. The molecule has 352 valence electrons. The maximum atomic E-state index is 12.6. The number of benzene rings is 7. The number of pyridine rings is 1. The summed E-state index contributed by atoms with van der Waals surface area (Å²) in [6.45, 7) is 20.0. The summed E-state index contributed by atoms with van der Waals surface area (Å²) in [5, 5.41) is 12.6. The van der Waals surface area contributed by atoms with Crippen LogP contribution in [0.2, 0.25) is 0 Å². The van der Waals surface area contributed by atoms with Gasteiger partial charge < -0.3 is 5.11 Å². The molecule has 4 heteroatoms. The van der Waals surface area contributed by atoms with Crippen molar-refractivity contribution in [2.75, 3.05) is 0 Å². The monoisotopic (exact) mass is 918 g/mol. The molecule has 1 fully saturated rings. The Labute approximate surface area is 416 Å². The fraction of sp³-hybridized carbons (Fsp3) is 0.273. The van der Waals surface area contributed by atoms with E-state index in [9.17, 15) is 5.11 Å². The first kappa shape index (κ1) is 46.7. The van der Waals surface area contributed by atoms with Gasteiger partial charge in [-0.2, -0.15) is 0 Å². The van der Waals surface area contributed by atoms with E-state index >= 15 is 0 Å². The van der Waals surface area contributed by atoms with Crippen molar-refractivity contribution in [3.63, 3.8) is 0 Å². The number of aromatic nitrogens is 3. The highest BCUT2D eigenvalue weighted by atomic mass is 16.3. The number of aromatic hydroxyl groups is 1. The topological polar surface area (TPSA) is 50.9 Å². The molecule has 0 unspecified atom stereocenters. The minimum absolute atomic E-state index is 0.0784. The van der Waals surface area contributed by atoms with Crippen LogP contribution < -0.4 is 0 Å². The molecule has 0 saturated heterocycles. The Balaban J connectivity index is 1.22. The summed E-state index contributed by atoms with van der Waals surface area (Å²) < 4.78 is 2.30. The molecule has 9 aromatic rings. The second kappa shape index (κ2) is 18.4. The van der Waals surface area contributed by atoms with Gasteiger partial charge in [-0.15, -0.1) is 0 Å². The van der Waals surface area contributed by atoms with Crippen molar-refractivity contribution in [3.05, 3.63) is 192 Å². The summed E-state index contributed by atoms with van der Waals surface area (Å²) in [4.78, 5) is 10.8. The quantitative estimate of drug-likeness (QED) is 0.165. The number of nitrogens with zero attached hydrogens (tertiary/aromatic N) is 3. The van der Waals surface area contributed by atoms with E-state index in [4.69, 9.17) is 9.97 Å². The Bertz CT molecular complexity index is 3330. The third-order valence-corrected chi connectivity index (χ3v) is 14.6. The minimum atomic E-state index is -0.330. The molecule has 10 rings (SSSR count). The van der Waals surface area contributed by atoms with E-state index in [-0.39, 0.29) is 22.0 Å². The minimum Gasteiger partial charge on any atom is -0.507 e. The molecule has 1 aliphatic carbocycles. The lowest BCUT2D eigenvalue weighted by atomic mass is 9.79. The van der Waals surface area contributed by atoms with E-state index in [1.807, 2.05) is 6.20 Å². The number of phenols is 1. The number of hydrogen-bond donors (Lipinski definition) is 1.